The summed E-state index contributed by atoms with van der Waals surface area (Å²) in [5, 5.41) is 0. The third-order valence-corrected chi connectivity index (χ3v) is 12.4. The fraction of sp³-hybridized carbons (Fsp3) is 0.879. The Hall–Kier alpha value is -1.12. The Balaban J connectivity index is 1.65. The Kier molecular flexibility index (Phi) is 7.41. The molecule has 204 valence electrons. The predicted octanol–water partition coefficient (Wildman–Crippen LogP) is 8.70. The number of esters is 1. The molecule has 4 aliphatic carbocycles. The zero-order chi connectivity index (χ0) is 26.7. The van der Waals surface area contributed by atoms with Gasteiger partial charge in [0.15, 0.2) is 0 Å². The topological polar surface area (TPSA) is 43.4 Å². The van der Waals surface area contributed by atoms with Crippen LogP contribution in [0, 0.1) is 45.3 Å². The number of allylic oxidation sites excluding steroid dienone is 2. The van der Waals surface area contributed by atoms with E-state index in [1.165, 1.54) is 51.4 Å². The van der Waals surface area contributed by atoms with E-state index in [0.717, 1.165) is 19.3 Å². The molecule has 0 N–H and O–H groups in total. The van der Waals surface area contributed by atoms with Gasteiger partial charge in [-0.15, -0.1) is 0 Å². The maximum absolute atomic E-state index is 13.0. The van der Waals surface area contributed by atoms with Gasteiger partial charge in [0.1, 0.15) is 11.9 Å². The van der Waals surface area contributed by atoms with Crippen LogP contribution in [0.5, 0.6) is 0 Å². The van der Waals surface area contributed by atoms with Crippen molar-refractivity contribution in [3.63, 3.8) is 0 Å². The maximum atomic E-state index is 13.0. The molecule has 4 rings (SSSR count). The molecule has 0 bridgehead atoms. The molecular formula is C33H54O3. The lowest BCUT2D eigenvalue weighted by atomic mass is 9.43. The molecule has 0 aromatic heterocycles. The van der Waals surface area contributed by atoms with E-state index in [9.17, 15) is 9.59 Å². The minimum absolute atomic E-state index is 0.00674. The second kappa shape index (κ2) is 9.57. The van der Waals surface area contributed by atoms with Crippen LogP contribution < -0.4 is 0 Å². The quantitative estimate of drug-likeness (QED) is 0.260. The highest BCUT2D eigenvalue weighted by Crippen LogP contribution is 2.72. The predicted molar refractivity (Wildman–Crippen MR) is 147 cm³/mol. The van der Waals surface area contributed by atoms with E-state index >= 15 is 0 Å². The van der Waals surface area contributed by atoms with Gasteiger partial charge in [0.25, 0.3) is 0 Å². The summed E-state index contributed by atoms with van der Waals surface area (Å²) in [6.07, 6.45) is 12.8. The van der Waals surface area contributed by atoms with Gasteiger partial charge in [-0.05, 0) is 98.7 Å². The van der Waals surface area contributed by atoms with Crippen LogP contribution in [-0.4, -0.2) is 17.9 Å². The van der Waals surface area contributed by atoms with Gasteiger partial charge >= 0.3 is 5.97 Å². The lowest BCUT2D eigenvalue weighted by Crippen LogP contribution is -2.56. The standard InChI is InChI=1S/C33H54O3/c1-21(2)11-10-12-24(22(3)34)25-15-19-33(9)27-13-14-28-30(5,6)29(36-23(4)35)17-18-31(28,7)26(27)16-20-32(25,33)8/h21,24-25,28-29H,10-20H2,1-9H3/t24-,25+,28+,29+,31+,32+,33-/m0/s1. The summed E-state index contributed by atoms with van der Waals surface area (Å²) in [6, 6.07) is 0. The number of rotatable bonds is 7. The number of hydrogen-bond donors (Lipinski definition) is 0. The summed E-state index contributed by atoms with van der Waals surface area (Å²) in [5.41, 5.74) is 4.15. The first-order valence-electron chi connectivity index (χ1n) is 15.1. The molecule has 4 aliphatic rings. The molecular weight excluding hydrogens is 444 g/mol. The SMILES string of the molecule is CC(=O)O[C@@H]1CC[C@]2(C)C3=C(CC[C@@H]2C1(C)C)[C@]1(C)CC[C@H]([C@@H](CCCC(C)C)C(C)=O)[C@@]1(C)CC3. The molecule has 0 heterocycles. The molecule has 0 radical (unpaired) electrons. The number of carbonyl (C=O) groups is 2. The van der Waals surface area contributed by atoms with Crippen LogP contribution in [0.1, 0.15) is 133 Å². The van der Waals surface area contributed by atoms with E-state index in [1.54, 1.807) is 18.1 Å². The van der Waals surface area contributed by atoms with Crippen LogP contribution >= 0.6 is 0 Å². The van der Waals surface area contributed by atoms with Crippen molar-refractivity contribution in [3.8, 4) is 0 Å². The van der Waals surface area contributed by atoms with Crippen molar-refractivity contribution in [3.05, 3.63) is 11.1 Å². The summed E-state index contributed by atoms with van der Waals surface area (Å²) < 4.78 is 5.86. The van der Waals surface area contributed by atoms with E-state index in [2.05, 4.69) is 48.5 Å². The summed E-state index contributed by atoms with van der Waals surface area (Å²) in [4.78, 5) is 24.8. The Morgan fingerprint density at radius 3 is 2.19 bits per heavy atom. The van der Waals surface area contributed by atoms with Crippen LogP contribution in [0.25, 0.3) is 0 Å². The minimum atomic E-state index is -0.140. The van der Waals surface area contributed by atoms with Gasteiger partial charge in [0, 0.05) is 18.3 Å². The van der Waals surface area contributed by atoms with E-state index in [4.69, 9.17) is 4.74 Å². The van der Waals surface area contributed by atoms with Crippen molar-refractivity contribution < 1.29 is 14.3 Å². The molecule has 0 aliphatic heterocycles. The molecule has 0 saturated heterocycles. The van der Waals surface area contributed by atoms with Gasteiger partial charge in [-0.1, -0.05) is 72.5 Å². The zero-order valence-corrected chi connectivity index (χ0v) is 24.9. The van der Waals surface area contributed by atoms with Gasteiger partial charge in [0.2, 0.25) is 0 Å². The lowest BCUT2D eigenvalue weighted by Gasteiger charge is -2.62. The van der Waals surface area contributed by atoms with Crippen molar-refractivity contribution in [2.75, 3.05) is 0 Å². The molecule has 2 fully saturated rings. The molecule has 0 spiro atoms. The summed E-state index contributed by atoms with van der Waals surface area (Å²) >= 11 is 0. The first-order valence-corrected chi connectivity index (χ1v) is 15.1. The average Bonchev–Trinajstić information content (AvgIpc) is 3.04. The van der Waals surface area contributed by atoms with Crippen LogP contribution in [-0.2, 0) is 14.3 Å². The van der Waals surface area contributed by atoms with E-state index in [-0.39, 0.29) is 39.7 Å². The first-order chi connectivity index (χ1) is 16.7. The average molecular weight is 499 g/mol. The van der Waals surface area contributed by atoms with Crippen molar-refractivity contribution in [2.45, 2.75) is 139 Å². The zero-order valence-electron chi connectivity index (χ0n) is 24.9. The number of ketones is 1. The molecule has 0 aromatic carbocycles. The molecule has 3 nitrogen and oxygen atoms in total. The Morgan fingerprint density at radius 2 is 1.58 bits per heavy atom. The molecule has 0 aromatic rings. The number of ether oxygens (including phenoxy) is 1. The van der Waals surface area contributed by atoms with Gasteiger partial charge in [-0.3, -0.25) is 9.59 Å². The normalized spacial score (nSPS) is 40.3. The minimum Gasteiger partial charge on any atom is -0.462 e. The van der Waals surface area contributed by atoms with Crippen LogP contribution in [0.15, 0.2) is 11.1 Å². The smallest absolute Gasteiger partial charge is 0.302 e. The van der Waals surface area contributed by atoms with Crippen molar-refractivity contribution in [1.29, 1.82) is 0 Å². The molecule has 36 heavy (non-hydrogen) atoms. The van der Waals surface area contributed by atoms with Gasteiger partial charge in [0.05, 0.1) is 0 Å². The Labute approximate surface area is 221 Å². The molecule has 0 amide bonds. The monoisotopic (exact) mass is 498 g/mol. The highest BCUT2D eigenvalue weighted by Gasteiger charge is 2.64. The van der Waals surface area contributed by atoms with E-state index < -0.39 is 0 Å². The number of hydrogen-bond acceptors (Lipinski definition) is 3. The molecule has 3 heteroatoms. The third-order valence-electron chi connectivity index (χ3n) is 12.4. The number of carbonyl (C=O) groups excluding carboxylic acids is 2. The Morgan fingerprint density at radius 1 is 0.889 bits per heavy atom. The first kappa shape index (κ1) is 27.9. The molecule has 0 unspecified atom stereocenters. The fourth-order valence-corrected chi connectivity index (χ4v) is 10.2. The summed E-state index contributed by atoms with van der Waals surface area (Å²) in [6.45, 7) is 20.4. The summed E-state index contributed by atoms with van der Waals surface area (Å²) in [5.74, 6) is 2.29. The number of fused-ring (bicyclic) bond motifs is 4. The summed E-state index contributed by atoms with van der Waals surface area (Å²) in [7, 11) is 0. The second-order valence-electron chi connectivity index (χ2n) is 14.9. The van der Waals surface area contributed by atoms with E-state index in [1.807, 2.05) is 6.92 Å². The van der Waals surface area contributed by atoms with Crippen molar-refractivity contribution in [1.82, 2.24) is 0 Å². The highest BCUT2D eigenvalue weighted by atomic mass is 16.5. The highest BCUT2D eigenvalue weighted by molar-refractivity contribution is 5.78. The second-order valence-corrected chi connectivity index (χ2v) is 14.9. The number of Topliss-reactive ketones (excluding diaryl/α,β-unsaturated/α-hetero) is 1. The van der Waals surface area contributed by atoms with Crippen LogP contribution in [0.3, 0.4) is 0 Å². The van der Waals surface area contributed by atoms with Crippen LogP contribution in [0.2, 0.25) is 0 Å². The van der Waals surface area contributed by atoms with E-state index in [0.29, 0.717) is 23.5 Å². The Bertz CT molecular complexity index is 912. The van der Waals surface area contributed by atoms with Gasteiger partial charge in [-0.25, -0.2) is 0 Å². The largest absolute Gasteiger partial charge is 0.462 e. The third kappa shape index (κ3) is 4.23. The lowest BCUT2D eigenvalue weighted by molar-refractivity contribution is -0.167. The fourth-order valence-electron chi connectivity index (χ4n) is 10.2. The van der Waals surface area contributed by atoms with Gasteiger partial charge < -0.3 is 4.74 Å². The van der Waals surface area contributed by atoms with Crippen molar-refractivity contribution >= 4 is 11.8 Å². The van der Waals surface area contributed by atoms with Gasteiger partial charge in [-0.2, -0.15) is 0 Å². The maximum Gasteiger partial charge on any atom is 0.302 e. The van der Waals surface area contributed by atoms with Crippen LogP contribution in [0.4, 0.5) is 0 Å². The van der Waals surface area contributed by atoms with Crippen molar-refractivity contribution in [2.24, 2.45) is 45.3 Å². The molecule has 7 atom stereocenters. The molecule has 2 saturated carbocycles.